The van der Waals surface area contributed by atoms with Crippen LogP contribution >= 0.6 is 24.8 Å². The van der Waals surface area contributed by atoms with Crippen LogP contribution in [0.3, 0.4) is 0 Å². The highest BCUT2D eigenvalue weighted by Crippen LogP contribution is 2.28. The summed E-state index contributed by atoms with van der Waals surface area (Å²) < 4.78 is 11.2. The molecule has 0 aromatic heterocycles. The third-order valence-corrected chi connectivity index (χ3v) is 2.95. The minimum Gasteiger partial charge on any atom is -0.490 e. The zero-order valence-electron chi connectivity index (χ0n) is 14.1. The average molecular weight is 365 g/mol. The maximum atomic E-state index is 5.64. The van der Waals surface area contributed by atoms with Crippen molar-refractivity contribution in [2.24, 2.45) is 0 Å². The molecule has 2 N–H and O–H groups in total. The smallest absolute Gasteiger partial charge is 0.161 e. The molecule has 1 aromatic carbocycles. The van der Waals surface area contributed by atoms with Gasteiger partial charge in [-0.05, 0) is 50.7 Å². The zero-order valence-corrected chi connectivity index (χ0v) is 15.7. The molecule has 6 heteroatoms. The third-order valence-electron chi connectivity index (χ3n) is 2.95. The zero-order chi connectivity index (χ0) is 15.3. The van der Waals surface area contributed by atoms with Gasteiger partial charge < -0.3 is 20.1 Å². The first-order chi connectivity index (χ1) is 10.3. The molecule has 1 rings (SSSR count). The van der Waals surface area contributed by atoms with Gasteiger partial charge in [-0.25, -0.2) is 0 Å². The van der Waals surface area contributed by atoms with Crippen molar-refractivity contribution in [3.63, 3.8) is 0 Å². The van der Waals surface area contributed by atoms with Crippen LogP contribution in [0.5, 0.6) is 11.5 Å². The summed E-state index contributed by atoms with van der Waals surface area (Å²) in [4.78, 5) is 0. The molecule has 0 fully saturated rings. The molecule has 0 saturated heterocycles. The number of rotatable bonds is 12. The highest BCUT2D eigenvalue weighted by molar-refractivity contribution is 5.85. The van der Waals surface area contributed by atoms with Gasteiger partial charge in [0, 0.05) is 6.54 Å². The maximum Gasteiger partial charge on any atom is 0.161 e. The SMILES string of the molecule is C=CCOc1ccc(CNCCCNCC)cc1OCC.Cl.Cl. The molecule has 0 heterocycles. The van der Waals surface area contributed by atoms with E-state index in [9.17, 15) is 0 Å². The topological polar surface area (TPSA) is 42.5 Å². The van der Waals surface area contributed by atoms with Crippen molar-refractivity contribution in [3.8, 4) is 11.5 Å². The Morgan fingerprint density at radius 2 is 1.78 bits per heavy atom. The largest absolute Gasteiger partial charge is 0.490 e. The van der Waals surface area contributed by atoms with E-state index >= 15 is 0 Å². The molecular formula is C17H30Cl2N2O2. The minimum atomic E-state index is 0. The van der Waals surface area contributed by atoms with E-state index in [-0.39, 0.29) is 24.8 Å². The molecule has 0 saturated carbocycles. The molecule has 0 bridgehead atoms. The molecule has 0 radical (unpaired) electrons. The van der Waals surface area contributed by atoms with Crippen molar-refractivity contribution in [2.45, 2.75) is 26.8 Å². The molecule has 134 valence electrons. The Balaban J connectivity index is 0. The molecule has 0 atom stereocenters. The molecule has 23 heavy (non-hydrogen) atoms. The summed E-state index contributed by atoms with van der Waals surface area (Å²) in [7, 11) is 0. The van der Waals surface area contributed by atoms with Crippen molar-refractivity contribution < 1.29 is 9.47 Å². The van der Waals surface area contributed by atoms with E-state index in [0.29, 0.717) is 13.2 Å². The molecule has 0 unspecified atom stereocenters. The highest BCUT2D eigenvalue weighted by atomic mass is 35.5. The number of hydrogen-bond donors (Lipinski definition) is 2. The second-order valence-electron chi connectivity index (χ2n) is 4.70. The summed E-state index contributed by atoms with van der Waals surface area (Å²) in [6.07, 6.45) is 2.86. The maximum absolute atomic E-state index is 5.64. The van der Waals surface area contributed by atoms with E-state index in [0.717, 1.165) is 44.1 Å². The fraction of sp³-hybridized carbons (Fsp3) is 0.529. The summed E-state index contributed by atoms with van der Waals surface area (Å²) >= 11 is 0. The summed E-state index contributed by atoms with van der Waals surface area (Å²) in [5.74, 6) is 1.57. The van der Waals surface area contributed by atoms with Crippen LogP contribution in [0, 0.1) is 0 Å². The summed E-state index contributed by atoms with van der Waals surface area (Å²) in [6.45, 7) is 12.8. The van der Waals surface area contributed by atoms with Gasteiger partial charge in [-0.1, -0.05) is 25.6 Å². The molecule has 4 nitrogen and oxygen atoms in total. The van der Waals surface area contributed by atoms with Crippen LogP contribution in [-0.4, -0.2) is 32.8 Å². The fourth-order valence-corrected chi connectivity index (χ4v) is 1.95. The van der Waals surface area contributed by atoms with Gasteiger partial charge in [0.1, 0.15) is 6.61 Å². The Morgan fingerprint density at radius 1 is 1.04 bits per heavy atom. The highest BCUT2D eigenvalue weighted by Gasteiger charge is 2.06. The molecular weight excluding hydrogens is 335 g/mol. The van der Waals surface area contributed by atoms with Crippen LogP contribution in [0.4, 0.5) is 0 Å². The van der Waals surface area contributed by atoms with Crippen molar-refractivity contribution in [1.29, 1.82) is 0 Å². The predicted octanol–water partition coefficient (Wildman–Crippen LogP) is 3.58. The first-order valence-electron chi connectivity index (χ1n) is 7.72. The minimum absolute atomic E-state index is 0. The van der Waals surface area contributed by atoms with Crippen molar-refractivity contribution in [2.75, 3.05) is 32.8 Å². The number of benzene rings is 1. The second-order valence-corrected chi connectivity index (χ2v) is 4.70. The lowest BCUT2D eigenvalue weighted by Gasteiger charge is -2.13. The van der Waals surface area contributed by atoms with E-state index in [4.69, 9.17) is 9.47 Å². The first kappa shape index (κ1) is 24.3. The summed E-state index contributed by atoms with van der Waals surface area (Å²) in [6, 6.07) is 6.07. The lowest BCUT2D eigenvalue weighted by Crippen LogP contribution is -2.21. The molecule has 0 aliphatic carbocycles. The third kappa shape index (κ3) is 10.4. The molecule has 0 spiro atoms. The number of halogens is 2. The quantitative estimate of drug-likeness (QED) is 0.439. The standard InChI is InChI=1S/C17H28N2O2.2ClH/c1-4-12-21-16-9-8-15(13-17(16)20-6-3)14-19-11-7-10-18-5-2;;/h4,8-9,13,18-19H,1,5-7,10-12,14H2,2-3H3;2*1H. The number of ether oxygens (including phenoxy) is 2. The molecule has 0 aliphatic heterocycles. The van der Waals surface area contributed by atoms with Crippen LogP contribution in [0.2, 0.25) is 0 Å². The van der Waals surface area contributed by atoms with Crippen LogP contribution in [0.1, 0.15) is 25.8 Å². The predicted molar refractivity (Wildman–Crippen MR) is 103 cm³/mol. The normalized spacial score (nSPS) is 9.48. The Labute approximate surface area is 152 Å². The molecule has 1 aromatic rings. The molecule has 0 aliphatic rings. The van der Waals surface area contributed by atoms with Crippen LogP contribution in [-0.2, 0) is 6.54 Å². The molecule has 0 amide bonds. The summed E-state index contributed by atoms with van der Waals surface area (Å²) in [5.41, 5.74) is 1.20. The number of hydrogen-bond acceptors (Lipinski definition) is 4. The van der Waals surface area contributed by atoms with E-state index in [1.807, 2.05) is 19.1 Å². The monoisotopic (exact) mass is 364 g/mol. The van der Waals surface area contributed by atoms with Gasteiger partial charge in [-0.15, -0.1) is 24.8 Å². The first-order valence-corrected chi connectivity index (χ1v) is 7.72. The van der Waals surface area contributed by atoms with Gasteiger partial charge in [-0.3, -0.25) is 0 Å². The van der Waals surface area contributed by atoms with Crippen LogP contribution in [0.25, 0.3) is 0 Å². The van der Waals surface area contributed by atoms with Gasteiger partial charge in [0.2, 0.25) is 0 Å². The van der Waals surface area contributed by atoms with Crippen LogP contribution in [0.15, 0.2) is 30.9 Å². The Bertz CT molecular complexity index is 418. The average Bonchev–Trinajstić information content (AvgIpc) is 2.50. The second kappa shape index (κ2) is 15.9. The lowest BCUT2D eigenvalue weighted by atomic mass is 10.2. The Hall–Kier alpha value is -0.940. The fourth-order valence-electron chi connectivity index (χ4n) is 1.95. The van der Waals surface area contributed by atoms with Crippen molar-refractivity contribution in [3.05, 3.63) is 36.4 Å². The van der Waals surface area contributed by atoms with Gasteiger partial charge in [0.15, 0.2) is 11.5 Å². The summed E-state index contributed by atoms with van der Waals surface area (Å²) in [5, 5.41) is 6.76. The van der Waals surface area contributed by atoms with Gasteiger partial charge >= 0.3 is 0 Å². The lowest BCUT2D eigenvalue weighted by molar-refractivity contribution is 0.296. The van der Waals surface area contributed by atoms with Crippen molar-refractivity contribution >= 4 is 24.8 Å². The van der Waals surface area contributed by atoms with Gasteiger partial charge in [0.05, 0.1) is 6.61 Å². The van der Waals surface area contributed by atoms with E-state index in [2.05, 4.69) is 30.2 Å². The van der Waals surface area contributed by atoms with Crippen molar-refractivity contribution in [1.82, 2.24) is 10.6 Å². The van der Waals surface area contributed by atoms with Gasteiger partial charge in [-0.2, -0.15) is 0 Å². The van der Waals surface area contributed by atoms with Gasteiger partial charge in [0.25, 0.3) is 0 Å². The number of nitrogens with one attached hydrogen (secondary N) is 2. The Morgan fingerprint density at radius 3 is 2.43 bits per heavy atom. The van der Waals surface area contributed by atoms with E-state index < -0.39 is 0 Å². The van der Waals surface area contributed by atoms with E-state index in [1.54, 1.807) is 6.08 Å². The van der Waals surface area contributed by atoms with E-state index in [1.165, 1.54) is 5.56 Å². The Kier molecular flexibility index (Phi) is 16.8. The van der Waals surface area contributed by atoms with Crippen LogP contribution < -0.4 is 20.1 Å².